The first-order valence-corrected chi connectivity index (χ1v) is 7.24. The number of allylic oxidation sites excluding steroid dienone is 2. The molecule has 1 heterocycles. The third-order valence-electron chi connectivity index (χ3n) is 3.28. The molecule has 0 atom stereocenters. The lowest BCUT2D eigenvalue weighted by atomic mass is 10.3. The lowest BCUT2D eigenvalue weighted by molar-refractivity contribution is 0.441. The van der Waals surface area contributed by atoms with Gasteiger partial charge in [0.15, 0.2) is 0 Å². The van der Waals surface area contributed by atoms with E-state index in [2.05, 4.69) is 13.2 Å². The topological polar surface area (TPSA) is 66.0 Å². The molecule has 6 heteroatoms. The van der Waals surface area contributed by atoms with Gasteiger partial charge in [0.1, 0.15) is 0 Å². The Hall–Kier alpha value is -2.11. The molecule has 21 heavy (non-hydrogen) atoms. The Morgan fingerprint density at radius 1 is 0.810 bits per heavy atom. The number of unbranched alkanes of at least 4 members (excludes halogenated alkanes) is 2. The highest BCUT2D eigenvalue weighted by molar-refractivity contribution is 4.80. The van der Waals surface area contributed by atoms with Crippen molar-refractivity contribution in [2.24, 2.45) is 0 Å². The van der Waals surface area contributed by atoms with Gasteiger partial charge in [0.25, 0.3) is 0 Å². The molecule has 0 spiro atoms. The van der Waals surface area contributed by atoms with Crippen LogP contribution in [0.5, 0.6) is 0 Å². The summed E-state index contributed by atoms with van der Waals surface area (Å²) in [5, 5.41) is 0. The second kappa shape index (κ2) is 8.24. The number of hydrogen-bond donors (Lipinski definition) is 0. The largest absolute Gasteiger partial charge is 0.336 e. The van der Waals surface area contributed by atoms with E-state index in [1.807, 2.05) is 0 Å². The molecule has 0 aromatic carbocycles. The molecule has 0 bridgehead atoms. The summed E-state index contributed by atoms with van der Waals surface area (Å²) in [6.07, 6.45) is 6.20. The third-order valence-corrected chi connectivity index (χ3v) is 3.28. The van der Waals surface area contributed by atoms with Gasteiger partial charge < -0.3 is 0 Å². The molecule has 0 radical (unpaired) electrons. The zero-order valence-corrected chi connectivity index (χ0v) is 12.6. The molecule has 0 saturated carbocycles. The normalized spacial score (nSPS) is 10.5. The highest BCUT2D eigenvalue weighted by Gasteiger charge is 2.13. The van der Waals surface area contributed by atoms with Gasteiger partial charge in [-0.2, -0.15) is 0 Å². The SMILES string of the molecule is C=CCCCn1c(=O)n(CC)c(=O)n(CCCC=C)c1=O. The molecule has 6 nitrogen and oxygen atoms in total. The summed E-state index contributed by atoms with van der Waals surface area (Å²) >= 11 is 0. The fraction of sp³-hybridized carbons (Fsp3) is 0.533. The van der Waals surface area contributed by atoms with Crippen molar-refractivity contribution in [1.29, 1.82) is 0 Å². The predicted molar refractivity (Wildman–Crippen MR) is 83.8 cm³/mol. The Labute approximate surface area is 123 Å². The maximum absolute atomic E-state index is 12.3. The molecule has 0 aliphatic carbocycles. The first-order chi connectivity index (χ1) is 10.1. The summed E-state index contributed by atoms with van der Waals surface area (Å²) in [6.45, 7) is 9.80. The molecule has 0 saturated heterocycles. The monoisotopic (exact) mass is 293 g/mol. The van der Waals surface area contributed by atoms with E-state index in [4.69, 9.17) is 0 Å². The van der Waals surface area contributed by atoms with Crippen molar-refractivity contribution in [1.82, 2.24) is 13.7 Å². The third kappa shape index (κ3) is 3.93. The number of hydrogen-bond acceptors (Lipinski definition) is 3. The van der Waals surface area contributed by atoms with E-state index in [1.54, 1.807) is 19.1 Å². The van der Waals surface area contributed by atoms with Crippen molar-refractivity contribution >= 4 is 0 Å². The quantitative estimate of drug-likeness (QED) is 0.506. The highest BCUT2D eigenvalue weighted by atomic mass is 16.2. The molecule has 0 N–H and O–H groups in total. The summed E-state index contributed by atoms with van der Waals surface area (Å²) in [5.74, 6) is 0. The van der Waals surface area contributed by atoms with Crippen molar-refractivity contribution in [3.8, 4) is 0 Å². The van der Waals surface area contributed by atoms with Gasteiger partial charge in [0.05, 0.1) is 0 Å². The van der Waals surface area contributed by atoms with Crippen LogP contribution in [0.2, 0.25) is 0 Å². The highest BCUT2D eigenvalue weighted by Crippen LogP contribution is 1.93. The standard InChI is InChI=1S/C15H23N3O3/c1-4-7-9-11-17-13(19)16(6-3)14(20)18(15(17)21)12-10-8-5-2/h4-5H,1-2,6-12H2,3H3. The van der Waals surface area contributed by atoms with Crippen LogP contribution < -0.4 is 17.1 Å². The van der Waals surface area contributed by atoms with Gasteiger partial charge in [-0.25, -0.2) is 28.1 Å². The minimum Gasteiger partial charge on any atom is -0.247 e. The van der Waals surface area contributed by atoms with Crippen LogP contribution in [0.3, 0.4) is 0 Å². The zero-order valence-electron chi connectivity index (χ0n) is 12.6. The Kier molecular flexibility index (Phi) is 6.65. The minimum atomic E-state index is -0.531. The van der Waals surface area contributed by atoms with Crippen LogP contribution >= 0.6 is 0 Å². The van der Waals surface area contributed by atoms with Gasteiger partial charge in [-0.1, -0.05) is 12.2 Å². The minimum absolute atomic E-state index is 0.251. The Balaban J connectivity index is 3.29. The number of rotatable bonds is 9. The van der Waals surface area contributed by atoms with E-state index in [-0.39, 0.29) is 6.54 Å². The fourth-order valence-electron chi connectivity index (χ4n) is 2.12. The summed E-state index contributed by atoms with van der Waals surface area (Å²) < 4.78 is 3.38. The number of nitrogens with zero attached hydrogens (tertiary/aromatic N) is 3. The van der Waals surface area contributed by atoms with E-state index in [1.165, 1.54) is 0 Å². The second-order valence-corrected chi connectivity index (χ2v) is 4.76. The fourth-order valence-corrected chi connectivity index (χ4v) is 2.12. The molecular formula is C15H23N3O3. The molecule has 0 unspecified atom stereocenters. The molecule has 1 aromatic rings. The van der Waals surface area contributed by atoms with Crippen LogP contribution in [0, 0.1) is 0 Å². The molecule has 116 valence electrons. The number of aromatic nitrogens is 3. The second-order valence-electron chi connectivity index (χ2n) is 4.76. The molecule has 0 fully saturated rings. The molecule has 1 aromatic heterocycles. The van der Waals surface area contributed by atoms with Gasteiger partial charge >= 0.3 is 17.1 Å². The van der Waals surface area contributed by atoms with Gasteiger partial charge in [-0.3, -0.25) is 0 Å². The van der Waals surface area contributed by atoms with Crippen molar-refractivity contribution in [2.75, 3.05) is 0 Å². The maximum Gasteiger partial charge on any atom is 0.336 e. The Bertz CT molecular complexity index is 612. The molecular weight excluding hydrogens is 270 g/mol. The van der Waals surface area contributed by atoms with E-state index >= 15 is 0 Å². The molecule has 1 rings (SSSR count). The van der Waals surface area contributed by atoms with Crippen molar-refractivity contribution < 1.29 is 0 Å². The Morgan fingerprint density at radius 2 is 1.19 bits per heavy atom. The average Bonchev–Trinajstić information content (AvgIpc) is 2.47. The van der Waals surface area contributed by atoms with Gasteiger partial charge in [0, 0.05) is 19.6 Å². The summed E-state index contributed by atoms with van der Waals surface area (Å²) in [7, 11) is 0. The van der Waals surface area contributed by atoms with E-state index in [0.29, 0.717) is 38.8 Å². The smallest absolute Gasteiger partial charge is 0.247 e. The predicted octanol–water partition coefficient (Wildman–Crippen LogP) is 1.12. The molecule has 0 amide bonds. The lowest BCUT2D eigenvalue weighted by Gasteiger charge is -2.12. The van der Waals surface area contributed by atoms with E-state index in [0.717, 1.165) is 13.7 Å². The van der Waals surface area contributed by atoms with Crippen LogP contribution in [-0.2, 0) is 19.6 Å². The average molecular weight is 293 g/mol. The molecule has 0 aliphatic heterocycles. The van der Waals surface area contributed by atoms with Gasteiger partial charge in [-0.05, 0) is 32.6 Å². The van der Waals surface area contributed by atoms with Crippen molar-refractivity contribution in [3.63, 3.8) is 0 Å². The lowest BCUT2D eigenvalue weighted by Crippen LogP contribution is -2.54. The molecule has 0 aliphatic rings. The van der Waals surface area contributed by atoms with Crippen LogP contribution in [-0.4, -0.2) is 13.7 Å². The van der Waals surface area contributed by atoms with Gasteiger partial charge in [0.2, 0.25) is 0 Å². The van der Waals surface area contributed by atoms with Crippen LogP contribution in [0.4, 0.5) is 0 Å². The van der Waals surface area contributed by atoms with E-state index in [9.17, 15) is 14.4 Å². The van der Waals surface area contributed by atoms with Crippen molar-refractivity contribution in [2.45, 2.75) is 52.2 Å². The zero-order chi connectivity index (χ0) is 15.8. The first-order valence-electron chi connectivity index (χ1n) is 7.24. The van der Waals surface area contributed by atoms with Crippen LogP contribution in [0.25, 0.3) is 0 Å². The first kappa shape index (κ1) is 16.9. The van der Waals surface area contributed by atoms with Crippen LogP contribution in [0.15, 0.2) is 39.7 Å². The van der Waals surface area contributed by atoms with Gasteiger partial charge in [-0.15, -0.1) is 13.2 Å². The van der Waals surface area contributed by atoms with Crippen LogP contribution in [0.1, 0.15) is 32.6 Å². The summed E-state index contributed by atoms with van der Waals surface area (Å²) in [5.41, 5.74) is -1.59. The maximum atomic E-state index is 12.3. The summed E-state index contributed by atoms with van der Waals surface area (Å²) in [6, 6.07) is 0. The van der Waals surface area contributed by atoms with E-state index < -0.39 is 17.1 Å². The Morgan fingerprint density at radius 3 is 1.52 bits per heavy atom. The van der Waals surface area contributed by atoms with Crippen molar-refractivity contribution in [3.05, 3.63) is 56.8 Å². The summed E-state index contributed by atoms with van der Waals surface area (Å²) in [4.78, 5) is 36.7.